The normalized spacial score (nSPS) is 14.6. The predicted molar refractivity (Wildman–Crippen MR) is 74.4 cm³/mol. The predicted octanol–water partition coefficient (Wildman–Crippen LogP) is 2.65. The van der Waals surface area contributed by atoms with Crippen LogP contribution in [0.1, 0.15) is 32.4 Å². The van der Waals surface area contributed by atoms with Crippen LogP contribution in [0.15, 0.2) is 18.2 Å². The van der Waals surface area contributed by atoms with Crippen LogP contribution in [0.25, 0.3) is 0 Å². The third-order valence-corrected chi connectivity index (χ3v) is 3.21. The molecule has 114 valence electrons. The number of nitrogens with one attached hydrogen (secondary N) is 1. The van der Waals surface area contributed by atoms with E-state index in [2.05, 4.69) is 19.2 Å². The Balaban J connectivity index is 2.55. The molecule has 3 nitrogen and oxygen atoms in total. The van der Waals surface area contributed by atoms with Crippen molar-refractivity contribution in [1.82, 2.24) is 5.32 Å². The Morgan fingerprint density at radius 2 is 1.95 bits per heavy atom. The largest absolute Gasteiger partial charge is 0.387 e. The Hall–Kier alpha value is -1.04. The van der Waals surface area contributed by atoms with Crippen molar-refractivity contribution in [3.05, 3.63) is 35.4 Å². The molecule has 0 bridgehead atoms. The summed E-state index contributed by atoms with van der Waals surface area (Å²) < 4.78 is 31.3. The molecule has 0 heterocycles. The molecule has 1 rings (SSSR count). The Kier molecular flexibility index (Phi) is 7.05. The maximum Gasteiger partial charge on any atom is 0.159 e. The molecule has 2 atom stereocenters. The zero-order valence-electron chi connectivity index (χ0n) is 12.2. The second-order valence-electron chi connectivity index (χ2n) is 5.11. The van der Waals surface area contributed by atoms with E-state index in [4.69, 9.17) is 4.74 Å². The van der Waals surface area contributed by atoms with E-state index in [0.29, 0.717) is 24.7 Å². The highest BCUT2D eigenvalue weighted by atomic mass is 19.2. The van der Waals surface area contributed by atoms with Gasteiger partial charge in [-0.2, -0.15) is 0 Å². The number of ether oxygens (including phenoxy) is 1. The molecule has 0 radical (unpaired) electrons. The molecule has 2 unspecified atom stereocenters. The van der Waals surface area contributed by atoms with Crippen molar-refractivity contribution in [2.24, 2.45) is 5.92 Å². The van der Waals surface area contributed by atoms with Gasteiger partial charge in [-0.25, -0.2) is 8.78 Å². The lowest BCUT2D eigenvalue weighted by molar-refractivity contribution is 0.0969. The molecule has 0 aliphatic carbocycles. The first kappa shape index (κ1) is 17.0. The lowest BCUT2D eigenvalue weighted by Gasteiger charge is -2.24. The van der Waals surface area contributed by atoms with Crippen LogP contribution in [0.4, 0.5) is 8.78 Å². The molecule has 0 saturated carbocycles. The van der Waals surface area contributed by atoms with Crippen molar-refractivity contribution in [3.8, 4) is 0 Å². The summed E-state index contributed by atoms with van der Waals surface area (Å²) in [5.74, 6) is -1.51. The monoisotopic (exact) mass is 287 g/mol. The van der Waals surface area contributed by atoms with Gasteiger partial charge in [-0.3, -0.25) is 0 Å². The van der Waals surface area contributed by atoms with Gasteiger partial charge in [-0.1, -0.05) is 19.9 Å². The molecule has 0 aromatic heterocycles. The van der Waals surface area contributed by atoms with Crippen LogP contribution in [0, 0.1) is 17.6 Å². The molecular formula is C15H23F2NO2. The quantitative estimate of drug-likeness (QED) is 0.772. The highest BCUT2D eigenvalue weighted by Gasteiger charge is 2.16. The van der Waals surface area contributed by atoms with Crippen molar-refractivity contribution in [2.45, 2.75) is 32.9 Å². The van der Waals surface area contributed by atoms with Crippen molar-refractivity contribution in [2.75, 3.05) is 19.8 Å². The zero-order chi connectivity index (χ0) is 15.1. The summed E-state index contributed by atoms with van der Waals surface area (Å²) in [6.45, 7) is 7.49. The molecule has 0 saturated heterocycles. The van der Waals surface area contributed by atoms with E-state index in [-0.39, 0.29) is 12.6 Å². The van der Waals surface area contributed by atoms with E-state index in [9.17, 15) is 13.9 Å². The number of aliphatic hydroxyl groups excluding tert-OH is 1. The summed E-state index contributed by atoms with van der Waals surface area (Å²) in [7, 11) is 0. The summed E-state index contributed by atoms with van der Waals surface area (Å²) in [6.07, 6.45) is -0.882. The van der Waals surface area contributed by atoms with Crippen LogP contribution in [0.3, 0.4) is 0 Å². The van der Waals surface area contributed by atoms with Gasteiger partial charge in [-0.15, -0.1) is 0 Å². The Morgan fingerprint density at radius 1 is 1.25 bits per heavy atom. The molecule has 1 aromatic carbocycles. The van der Waals surface area contributed by atoms with Gasteiger partial charge < -0.3 is 15.2 Å². The average Bonchev–Trinajstić information content (AvgIpc) is 2.41. The van der Waals surface area contributed by atoms with Crippen molar-refractivity contribution in [1.29, 1.82) is 0 Å². The van der Waals surface area contributed by atoms with Gasteiger partial charge in [0.05, 0.1) is 12.7 Å². The molecule has 0 aliphatic rings. The summed E-state index contributed by atoms with van der Waals surface area (Å²) in [6, 6.07) is 3.54. The molecule has 1 aromatic rings. The van der Waals surface area contributed by atoms with E-state index in [1.54, 1.807) is 0 Å². The number of aliphatic hydroxyl groups is 1. The SMILES string of the molecule is CCOCC(NCC(O)c1ccc(F)c(F)c1)C(C)C. The summed E-state index contributed by atoms with van der Waals surface area (Å²) in [4.78, 5) is 0. The first-order valence-electron chi connectivity index (χ1n) is 6.89. The van der Waals surface area contributed by atoms with Crippen LogP contribution in [0.5, 0.6) is 0 Å². The second-order valence-corrected chi connectivity index (χ2v) is 5.11. The van der Waals surface area contributed by atoms with Crippen molar-refractivity contribution in [3.63, 3.8) is 0 Å². The third-order valence-electron chi connectivity index (χ3n) is 3.21. The zero-order valence-corrected chi connectivity index (χ0v) is 12.2. The van der Waals surface area contributed by atoms with Crippen LogP contribution >= 0.6 is 0 Å². The van der Waals surface area contributed by atoms with E-state index < -0.39 is 17.7 Å². The Labute approximate surface area is 119 Å². The minimum absolute atomic E-state index is 0.106. The van der Waals surface area contributed by atoms with Crippen LogP contribution < -0.4 is 5.32 Å². The van der Waals surface area contributed by atoms with Gasteiger partial charge in [0, 0.05) is 19.2 Å². The number of hydrogen-bond acceptors (Lipinski definition) is 3. The topological polar surface area (TPSA) is 41.5 Å². The number of halogens is 2. The molecule has 20 heavy (non-hydrogen) atoms. The van der Waals surface area contributed by atoms with Gasteiger partial charge in [-0.05, 0) is 30.5 Å². The Bertz CT molecular complexity index is 413. The fraction of sp³-hybridized carbons (Fsp3) is 0.600. The van der Waals surface area contributed by atoms with E-state index in [1.807, 2.05) is 6.92 Å². The Morgan fingerprint density at radius 3 is 2.50 bits per heavy atom. The van der Waals surface area contributed by atoms with Gasteiger partial charge in [0.1, 0.15) is 0 Å². The molecule has 0 fully saturated rings. The average molecular weight is 287 g/mol. The number of hydrogen-bond donors (Lipinski definition) is 2. The summed E-state index contributed by atoms with van der Waals surface area (Å²) >= 11 is 0. The van der Waals surface area contributed by atoms with Crippen LogP contribution in [-0.2, 0) is 4.74 Å². The lowest BCUT2D eigenvalue weighted by atomic mass is 10.0. The first-order chi connectivity index (χ1) is 9.45. The van der Waals surface area contributed by atoms with Gasteiger partial charge >= 0.3 is 0 Å². The van der Waals surface area contributed by atoms with Crippen molar-refractivity contribution < 1.29 is 18.6 Å². The fourth-order valence-electron chi connectivity index (χ4n) is 1.83. The lowest BCUT2D eigenvalue weighted by Crippen LogP contribution is -2.40. The first-order valence-corrected chi connectivity index (χ1v) is 6.89. The summed E-state index contributed by atoms with van der Waals surface area (Å²) in [5, 5.41) is 13.2. The molecule has 0 spiro atoms. The highest BCUT2D eigenvalue weighted by Crippen LogP contribution is 2.16. The standard InChI is InChI=1S/C15H23F2NO2/c1-4-20-9-14(10(2)3)18-8-15(19)11-5-6-12(16)13(17)7-11/h5-7,10,14-15,18-19H,4,8-9H2,1-3H3. The molecule has 0 amide bonds. The molecule has 2 N–H and O–H groups in total. The third kappa shape index (κ3) is 5.15. The highest BCUT2D eigenvalue weighted by molar-refractivity contribution is 5.20. The minimum Gasteiger partial charge on any atom is -0.387 e. The minimum atomic E-state index is -0.948. The maximum absolute atomic E-state index is 13.1. The smallest absolute Gasteiger partial charge is 0.159 e. The maximum atomic E-state index is 13.1. The van der Waals surface area contributed by atoms with E-state index in [1.165, 1.54) is 6.07 Å². The second kappa shape index (κ2) is 8.29. The van der Waals surface area contributed by atoms with Gasteiger partial charge in [0.25, 0.3) is 0 Å². The molecular weight excluding hydrogens is 264 g/mol. The van der Waals surface area contributed by atoms with E-state index >= 15 is 0 Å². The molecule has 0 aliphatic heterocycles. The number of benzene rings is 1. The van der Waals surface area contributed by atoms with Crippen molar-refractivity contribution >= 4 is 0 Å². The van der Waals surface area contributed by atoms with Gasteiger partial charge in [0.15, 0.2) is 11.6 Å². The summed E-state index contributed by atoms with van der Waals surface area (Å²) in [5.41, 5.74) is 0.357. The van der Waals surface area contributed by atoms with Crippen LogP contribution in [0.2, 0.25) is 0 Å². The van der Waals surface area contributed by atoms with E-state index in [0.717, 1.165) is 12.1 Å². The molecule has 5 heteroatoms. The van der Waals surface area contributed by atoms with Gasteiger partial charge in [0.2, 0.25) is 0 Å². The van der Waals surface area contributed by atoms with Crippen LogP contribution in [-0.4, -0.2) is 30.9 Å². The number of rotatable bonds is 8. The fourth-order valence-corrected chi connectivity index (χ4v) is 1.83.